The van der Waals surface area contributed by atoms with Crippen molar-refractivity contribution in [1.29, 1.82) is 0 Å². The number of likely N-dealkylation sites (tertiary alicyclic amines) is 1. The highest BCUT2D eigenvalue weighted by molar-refractivity contribution is 6.74. The number of carbonyl (C=O) groups excluding carboxylic acids is 3. The van der Waals surface area contributed by atoms with Crippen LogP contribution in [0.1, 0.15) is 106 Å². The van der Waals surface area contributed by atoms with Crippen molar-refractivity contribution in [2.45, 2.75) is 154 Å². The number of rotatable bonds is 14. The number of esters is 1. The van der Waals surface area contributed by atoms with Crippen LogP contribution in [0.3, 0.4) is 0 Å². The van der Waals surface area contributed by atoms with E-state index in [1.54, 1.807) is 25.7 Å². The van der Waals surface area contributed by atoms with Crippen molar-refractivity contribution in [3.05, 3.63) is 12.7 Å². The minimum Gasteiger partial charge on any atom is -0.467 e. The topological polar surface area (TPSA) is 94.2 Å². The fourth-order valence-corrected chi connectivity index (χ4v) is 6.05. The van der Waals surface area contributed by atoms with Gasteiger partial charge in [-0.1, -0.05) is 59.5 Å². The van der Waals surface area contributed by atoms with Crippen LogP contribution in [0.4, 0.5) is 4.79 Å². The summed E-state index contributed by atoms with van der Waals surface area (Å²) in [5, 5.41) is 2.80. The molecule has 2 amide bonds. The lowest BCUT2D eigenvalue weighted by atomic mass is 10.0. The van der Waals surface area contributed by atoms with Gasteiger partial charge in [0.05, 0.1) is 19.3 Å². The number of alkyl carbamates (subject to hydrolysis) is 1. The van der Waals surface area contributed by atoms with Gasteiger partial charge >= 0.3 is 12.1 Å². The molecule has 0 aliphatic carbocycles. The molecule has 0 spiro atoms. The zero-order valence-electron chi connectivity index (χ0n) is 26.4. The maximum absolute atomic E-state index is 14.3. The standard InChI is InChI=1S/C30H56N2O6Si/c1-12-14-16-17-18-19-22(31-28(35)37-29(3,4)5)26(33)32-23(20-15-13-2)25(21-24(32)27(34)36-9)38-39(10,11)30(6,7)8/h12,22-25H,1,13-21H2,2-11H3,(H,31,35)/t22-,23-,24-,25-/m0/s1. The summed E-state index contributed by atoms with van der Waals surface area (Å²) >= 11 is 0. The number of nitrogens with zero attached hydrogens (tertiary/aromatic N) is 1. The Morgan fingerprint density at radius 1 is 1.08 bits per heavy atom. The lowest BCUT2D eigenvalue weighted by Crippen LogP contribution is -2.56. The molecule has 1 heterocycles. The van der Waals surface area contributed by atoms with Gasteiger partial charge in [-0.25, -0.2) is 9.59 Å². The number of carbonyl (C=O) groups is 3. The molecule has 0 bridgehead atoms. The number of hydrogen-bond donors (Lipinski definition) is 1. The predicted octanol–water partition coefficient (Wildman–Crippen LogP) is 6.74. The van der Waals surface area contributed by atoms with E-state index in [1.165, 1.54) is 7.11 Å². The average molecular weight is 569 g/mol. The molecule has 0 saturated carbocycles. The van der Waals surface area contributed by atoms with E-state index >= 15 is 0 Å². The van der Waals surface area contributed by atoms with E-state index in [0.29, 0.717) is 19.3 Å². The molecule has 1 fully saturated rings. The van der Waals surface area contributed by atoms with Gasteiger partial charge in [0.1, 0.15) is 17.7 Å². The Hall–Kier alpha value is -1.87. The summed E-state index contributed by atoms with van der Waals surface area (Å²) < 4.78 is 17.5. The molecule has 1 rings (SSSR count). The molecule has 0 aromatic carbocycles. The summed E-state index contributed by atoms with van der Waals surface area (Å²) in [6, 6.07) is -1.85. The SMILES string of the molecule is C=CCCCCC[C@H](NC(=O)OC(C)(C)C)C(=O)N1[C@H](C(=O)OC)C[C@H](O[Si](C)(C)C(C)(C)C)[C@@H]1CCCC. The zero-order valence-corrected chi connectivity index (χ0v) is 27.4. The van der Waals surface area contributed by atoms with Crippen LogP contribution in [0.5, 0.6) is 0 Å². The quantitative estimate of drug-likeness (QED) is 0.108. The van der Waals surface area contributed by atoms with Gasteiger partial charge in [-0.15, -0.1) is 6.58 Å². The minimum absolute atomic E-state index is 0.0211. The second-order valence-corrected chi connectivity index (χ2v) is 18.0. The highest BCUT2D eigenvalue weighted by Crippen LogP contribution is 2.41. The van der Waals surface area contributed by atoms with Gasteiger partial charge in [0.25, 0.3) is 0 Å². The van der Waals surface area contributed by atoms with Crippen molar-refractivity contribution in [2.24, 2.45) is 0 Å². The van der Waals surface area contributed by atoms with E-state index in [2.05, 4.69) is 52.7 Å². The van der Waals surface area contributed by atoms with Crippen molar-refractivity contribution in [1.82, 2.24) is 10.2 Å². The first kappa shape index (κ1) is 35.2. The summed E-state index contributed by atoms with van der Waals surface area (Å²) in [4.78, 5) is 41.8. The number of hydrogen-bond acceptors (Lipinski definition) is 6. The zero-order chi connectivity index (χ0) is 30.0. The number of allylic oxidation sites excluding steroid dienone is 1. The number of amides is 2. The third-order valence-electron chi connectivity index (χ3n) is 7.80. The molecule has 0 radical (unpaired) electrons. The van der Waals surface area contributed by atoms with Crippen molar-refractivity contribution in [2.75, 3.05) is 7.11 Å². The Labute approximate surface area is 238 Å². The lowest BCUT2D eigenvalue weighted by molar-refractivity contribution is -0.153. The first-order valence-electron chi connectivity index (χ1n) is 14.7. The van der Waals surface area contributed by atoms with Crippen LogP contribution in [-0.4, -0.2) is 68.1 Å². The molecule has 1 N–H and O–H groups in total. The van der Waals surface area contributed by atoms with Crippen LogP contribution < -0.4 is 5.32 Å². The van der Waals surface area contributed by atoms with Crippen molar-refractivity contribution < 1.29 is 28.3 Å². The molecular weight excluding hydrogens is 512 g/mol. The molecule has 226 valence electrons. The highest BCUT2D eigenvalue weighted by atomic mass is 28.4. The van der Waals surface area contributed by atoms with Gasteiger partial charge in [0.2, 0.25) is 5.91 Å². The molecule has 0 aromatic rings. The molecule has 1 aliphatic rings. The van der Waals surface area contributed by atoms with Gasteiger partial charge in [0.15, 0.2) is 8.32 Å². The minimum atomic E-state index is -2.19. The van der Waals surface area contributed by atoms with Crippen molar-refractivity contribution in [3.63, 3.8) is 0 Å². The van der Waals surface area contributed by atoms with E-state index in [4.69, 9.17) is 13.9 Å². The second kappa shape index (κ2) is 15.2. The second-order valence-electron chi connectivity index (χ2n) is 13.3. The Morgan fingerprint density at radius 2 is 1.72 bits per heavy atom. The average Bonchev–Trinajstić information content (AvgIpc) is 3.16. The molecule has 1 aliphatic heterocycles. The maximum Gasteiger partial charge on any atom is 0.408 e. The van der Waals surface area contributed by atoms with Crippen LogP contribution in [0, 0.1) is 0 Å². The number of ether oxygens (including phenoxy) is 2. The molecular formula is C30H56N2O6Si. The van der Waals surface area contributed by atoms with Crippen molar-refractivity contribution in [3.8, 4) is 0 Å². The van der Waals surface area contributed by atoms with Gasteiger partial charge in [-0.05, 0) is 64.6 Å². The molecule has 0 aromatic heterocycles. The van der Waals surface area contributed by atoms with E-state index < -0.39 is 38.1 Å². The van der Waals surface area contributed by atoms with Crippen LogP contribution in [0.25, 0.3) is 0 Å². The highest BCUT2D eigenvalue weighted by Gasteiger charge is 2.52. The van der Waals surface area contributed by atoms with Gasteiger partial charge < -0.3 is 24.1 Å². The molecule has 0 unspecified atom stereocenters. The van der Waals surface area contributed by atoms with Gasteiger partial charge in [-0.2, -0.15) is 0 Å². The monoisotopic (exact) mass is 568 g/mol. The van der Waals surface area contributed by atoms with Crippen LogP contribution in [-0.2, 0) is 23.5 Å². The molecule has 9 heteroatoms. The first-order valence-corrected chi connectivity index (χ1v) is 17.6. The largest absolute Gasteiger partial charge is 0.467 e. The Balaban J connectivity index is 3.39. The first-order chi connectivity index (χ1) is 18.0. The van der Waals surface area contributed by atoms with Gasteiger partial charge in [-0.3, -0.25) is 4.79 Å². The Kier molecular flexibility index (Phi) is 13.7. The normalized spacial score (nSPS) is 20.9. The smallest absolute Gasteiger partial charge is 0.408 e. The summed E-state index contributed by atoms with van der Waals surface area (Å²) in [5.74, 6) is -0.726. The van der Waals surface area contributed by atoms with Crippen LogP contribution in [0.2, 0.25) is 18.1 Å². The van der Waals surface area contributed by atoms with E-state index in [-0.39, 0.29) is 23.1 Å². The third-order valence-corrected chi connectivity index (χ3v) is 12.3. The molecule has 1 saturated heterocycles. The lowest BCUT2D eigenvalue weighted by Gasteiger charge is -2.40. The predicted molar refractivity (Wildman–Crippen MR) is 159 cm³/mol. The fraction of sp³-hybridized carbons (Fsp3) is 0.833. The third kappa shape index (κ3) is 10.9. The molecule has 8 nitrogen and oxygen atoms in total. The van der Waals surface area contributed by atoms with E-state index in [1.807, 2.05) is 6.08 Å². The van der Waals surface area contributed by atoms with Gasteiger partial charge in [0, 0.05) is 6.42 Å². The molecule has 39 heavy (non-hydrogen) atoms. The Morgan fingerprint density at radius 3 is 2.23 bits per heavy atom. The fourth-order valence-electron chi connectivity index (χ4n) is 4.68. The Bertz CT molecular complexity index is 817. The summed E-state index contributed by atoms with van der Waals surface area (Å²) in [6.45, 7) is 22.2. The number of nitrogens with one attached hydrogen (secondary N) is 1. The molecule has 4 atom stereocenters. The summed E-state index contributed by atoms with van der Waals surface area (Å²) in [5.41, 5.74) is -0.699. The van der Waals surface area contributed by atoms with E-state index in [0.717, 1.165) is 38.5 Å². The van der Waals surface area contributed by atoms with Crippen molar-refractivity contribution >= 4 is 26.3 Å². The maximum atomic E-state index is 14.3. The van der Waals surface area contributed by atoms with Crippen LogP contribution in [0.15, 0.2) is 12.7 Å². The van der Waals surface area contributed by atoms with E-state index in [9.17, 15) is 14.4 Å². The van der Waals surface area contributed by atoms with Crippen LogP contribution >= 0.6 is 0 Å². The number of methoxy groups -OCH3 is 1. The number of unbranched alkanes of at least 4 members (excludes halogenated alkanes) is 4. The summed E-state index contributed by atoms with van der Waals surface area (Å²) in [7, 11) is -0.841. The summed E-state index contributed by atoms with van der Waals surface area (Å²) in [6.07, 6.45) is 7.89.